The summed E-state index contributed by atoms with van der Waals surface area (Å²) in [5, 5.41) is 11.7. The standard InChI is InChI=1S/C16H13NO3/c18-12-5-1-3-10(9-12)7-8-11-4-2-6-13-14(11)16(20)17-15(13)19/h1-6,9,18H,7-8H2,(H,17,19,20). The lowest BCUT2D eigenvalue weighted by Gasteiger charge is -2.06. The first-order valence-electron chi connectivity index (χ1n) is 6.40. The molecule has 0 radical (unpaired) electrons. The Morgan fingerprint density at radius 3 is 2.55 bits per heavy atom. The quantitative estimate of drug-likeness (QED) is 0.836. The van der Waals surface area contributed by atoms with E-state index in [-0.39, 0.29) is 17.6 Å². The molecule has 2 aromatic rings. The second-order valence-corrected chi connectivity index (χ2v) is 4.79. The number of carbonyl (C=O) groups is 2. The van der Waals surface area contributed by atoms with E-state index >= 15 is 0 Å². The highest BCUT2D eigenvalue weighted by Crippen LogP contribution is 2.22. The monoisotopic (exact) mass is 267 g/mol. The molecule has 0 fully saturated rings. The highest BCUT2D eigenvalue weighted by atomic mass is 16.3. The lowest BCUT2D eigenvalue weighted by atomic mass is 9.97. The van der Waals surface area contributed by atoms with E-state index in [1.807, 2.05) is 12.1 Å². The molecule has 2 N–H and O–H groups in total. The molecule has 1 aliphatic heterocycles. The van der Waals surface area contributed by atoms with Crippen molar-refractivity contribution in [2.45, 2.75) is 12.8 Å². The highest BCUT2D eigenvalue weighted by molar-refractivity contribution is 6.22. The van der Waals surface area contributed by atoms with Crippen LogP contribution >= 0.6 is 0 Å². The number of amides is 2. The molecule has 0 spiro atoms. The minimum Gasteiger partial charge on any atom is -0.508 e. The van der Waals surface area contributed by atoms with Crippen LogP contribution in [0.3, 0.4) is 0 Å². The van der Waals surface area contributed by atoms with E-state index in [1.165, 1.54) is 0 Å². The Kier molecular flexibility index (Phi) is 2.99. The Labute approximate surface area is 116 Å². The summed E-state index contributed by atoms with van der Waals surface area (Å²) in [7, 11) is 0. The van der Waals surface area contributed by atoms with Gasteiger partial charge in [0.2, 0.25) is 0 Å². The molecule has 0 aliphatic carbocycles. The molecule has 3 rings (SSSR count). The van der Waals surface area contributed by atoms with E-state index in [4.69, 9.17) is 0 Å². The molecular formula is C16H13NO3. The van der Waals surface area contributed by atoms with Crippen molar-refractivity contribution in [1.29, 1.82) is 0 Å². The average molecular weight is 267 g/mol. The second kappa shape index (κ2) is 4.81. The third-order valence-corrected chi connectivity index (χ3v) is 3.44. The Balaban J connectivity index is 1.86. The molecule has 4 heteroatoms. The maximum absolute atomic E-state index is 11.8. The number of phenolic OH excluding ortho intramolecular Hbond substituents is 1. The van der Waals surface area contributed by atoms with E-state index in [9.17, 15) is 14.7 Å². The molecule has 0 saturated carbocycles. The van der Waals surface area contributed by atoms with Crippen LogP contribution in [0.1, 0.15) is 31.8 Å². The fraction of sp³-hybridized carbons (Fsp3) is 0.125. The van der Waals surface area contributed by atoms with Gasteiger partial charge in [0, 0.05) is 0 Å². The lowest BCUT2D eigenvalue weighted by Crippen LogP contribution is -2.20. The fourth-order valence-electron chi connectivity index (χ4n) is 2.49. The number of benzene rings is 2. The number of aryl methyl sites for hydroxylation is 2. The number of imide groups is 1. The van der Waals surface area contributed by atoms with Crippen molar-refractivity contribution >= 4 is 11.8 Å². The molecule has 0 bridgehead atoms. The van der Waals surface area contributed by atoms with Gasteiger partial charge in [-0.25, -0.2) is 0 Å². The smallest absolute Gasteiger partial charge is 0.259 e. The van der Waals surface area contributed by atoms with Gasteiger partial charge in [-0.1, -0.05) is 24.3 Å². The maximum atomic E-state index is 11.8. The summed E-state index contributed by atoms with van der Waals surface area (Å²) >= 11 is 0. The molecule has 4 nitrogen and oxygen atoms in total. The molecular weight excluding hydrogens is 254 g/mol. The Morgan fingerprint density at radius 1 is 0.950 bits per heavy atom. The summed E-state index contributed by atoms with van der Waals surface area (Å²) in [6.45, 7) is 0. The van der Waals surface area contributed by atoms with Crippen LogP contribution in [0, 0.1) is 0 Å². The van der Waals surface area contributed by atoms with Crippen molar-refractivity contribution < 1.29 is 14.7 Å². The molecule has 100 valence electrons. The zero-order chi connectivity index (χ0) is 14.1. The van der Waals surface area contributed by atoms with Crippen molar-refractivity contribution in [2.75, 3.05) is 0 Å². The first-order valence-corrected chi connectivity index (χ1v) is 6.40. The van der Waals surface area contributed by atoms with Gasteiger partial charge < -0.3 is 5.11 Å². The van der Waals surface area contributed by atoms with Crippen LogP contribution in [0.15, 0.2) is 42.5 Å². The van der Waals surface area contributed by atoms with Crippen molar-refractivity contribution in [3.63, 3.8) is 0 Å². The summed E-state index contributed by atoms with van der Waals surface area (Å²) in [6.07, 6.45) is 1.35. The third kappa shape index (κ3) is 2.16. The first-order chi connectivity index (χ1) is 9.65. The first kappa shape index (κ1) is 12.4. The van der Waals surface area contributed by atoms with Crippen LogP contribution in [0.25, 0.3) is 0 Å². The molecule has 2 aromatic carbocycles. The van der Waals surface area contributed by atoms with Crippen LogP contribution in [-0.2, 0) is 12.8 Å². The van der Waals surface area contributed by atoms with Gasteiger partial charge in [-0.3, -0.25) is 14.9 Å². The van der Waals surface area contributed by atoms with Gasteiger partial charge in [0.25, 0.3) is 11.8 Å². The largest absolute Gasteiger partial charge is 0.508 e. The van der Waals surface area contributed by atoms with Gasteiger partial charge in [0.1, 0.15) is 5.75 Å². The predicted molar refractivity (Wildman–Crippen MR) is 73.8 cm³/mol. The number of phenols is 1. The van der Waals surface area contributed by atoms with Gasteiger partial charge in [-0.05, 0) is 42.2 Å². The van der Waals surface area contributed by atoms with Crippen LogP contribution < -0.4 is 5.32 Å². The molecule has 2 amide bonds. The second-order valence-electron chi connectivity index (χ2n) is 4.79. The molecule has 0 aromatic heterocycles. The number of carbonyl (C=O) groups excluding carboxylic acids is 2. The minimum atomic E-state index is -0.329. The van der Waals surface area contributed by atoms with Crippen LogP contribution in [0.5, 0.6) is 5.75 Å². The zero-order valence-electron chi connectivity index (χ0n) is 10.7. The number of rotatable bonds is 3. The predicted octanol–water partition coefficient (Wildman–Crippen LogP) is 2.06. The lowest BCUT2D eigenvalue weighted by molar-refractivity contribution is 0.0879. The SMILES string of the molecule is O=C1NC(=O)c2c(CCc3cccc(O)c3)cccc21. The number of hydrogen-bond donors (Lipinski definition) is 2. The fourth-order valence-corrected chi connectivity index (χ4v) is 2.49. The number of aromatic hydroxyl groups is 1. The van der Waals surface area contributed by atoms with Crippen LogP contribution in [-0.4, -0.2) is 16.9 Å². The normalized spacial score (nSPS) is 13.2. The summed E-state index contributed by atoms with van der Waals surface area (Å²) in [4.78, 5) is 23.4. The third-order valence-electron chi connectivity index (χ3n) is 3.44. The van der Waals surface area contributed by atoms with Crippen molar-refractivity contribution in [3.8, 4) is 5.75 Å². The zero-order valence-corrected chi connectivity index (χ0v) is 10.7. The molecule has 1 aliphatic rings. The molecule has 0 saturated heterocycles. The van der Waals surface area contributed by atoms with E-state index in [2.05, 4.69) is 5.32 Å². The van der Waals surface area contributed by atoms with Gasteiger partial charge in [0.15, 0.2) is 0 Å². The average Bonchev–Trinajstić information content (AvgIpc) is 2.73. The molecule has 0 unspecified atom stereocenters. The van der Waals surface area contributed by atoms with E-state index in [0.717, 1.165) is 11.1 Å². The summed E-state index contributed by atoms with van der Waals surface area (Å²) in [6, 6.07) is 12.3. The summed E-state index contributed by atoms with van der Waals surface area (Å²) < 4.78 is 0. The van der Waals surface area contributed by atoms with Crippen LogP contribution in [0.2, 0.25) is 0 Å². The van der Waals surface area contributed by atoms with E-state index < -0.39 is 0 Å². The van der Waals surface area contributed by atoms with E-state index in [1.54, 1.807) is 30.3 Å². The minimum absolute atomic E-state index is 0.230. The summed E-state index contributed by atoms with van der Waals surface area (Å²) in [5.74, 6) is -0.422. The van der Waals surface area contributed by atoms with Gasteiger partial charge in [-0.15, -0.1) is 0 Å². The molecule has 1 heterocycles. The topological polar surface area (TPSA) is 66.4 Å². The van der Waals surface area contributed by atoms with Gasteiger partial charge in [-0.2, -0.15) is 0 Å². The Bertz CT molecular complexity index is 707. The van der Waals surface area contributed by atoms with Crippen molar-refractivity contribution in [3.05, 3.63) is 64.7 Å². The highest BCUT2D eigenvalue weighted by Gasteiger charge is 2.28. The van der Waals surface area contributed by atoms with Gasteiger partial charge in [0.05, 0.1) is 11.1 Å². The number of fused-ring (bicyclic) bond motifs is 1. The number of nitrogens with one attached hydrogen (secondary N) is 1. The van der Waals surface area contributed by atoms with Gasteiger partial charge >= 0.3 is 0 Å². The summed E-state index contributed by atoms with van der Waals surface area (Å²) in [5.41, 5.74) is 2.78. The molecule has 0 atom stereocenters. The number of hydrogen-bond acceptors (Lipinski definition) is 3. The van der Waals surface area contributed by atoms with Crippen molar-refractivity contribution in [1.82, 2.24) is 5.32 Å². The maximum Gasteiger partial charge on any atom is 0.259 e. The van der Waals surface area contributed by atoms with Crippen molar-refractivity contribution in [2.24, 2.45) is 0 Å². The Hall–Kier alpha value is -2.62. The Morgan fingerprint density at radius 2 is 1.75 bits per heavy atom. The molecule has 20 heavy (non-hydrogen) atoms. The van der Waals surface area contributed by atoms with E-state index in [0.29, 0.717) is 24.0 Å². The van der Waals surface area contributed by atoms with Crippen LogP contribution in [0.4, 0.5) is 0 Å².